The highest BCUT2D eigenvalue weighted by atomic mass is 16.5. The van der Waals surface area contributed by atoms with Gasteiger partial charge in [-0.2, -0.15) is 0 Å². The summed E-state index contributed by atoms with van der Waals surface area (Å²) in [6, 6.07) is 0.0820. The van der Waals surface area contributed by atoms with Gasteiger partial charge >= 0.3 is 6.03 Å². The van der Waals surface area contributed by atoms with Crippen molar-refractivity contribution in [2.24, 2.45) is 11.7 Å². The lowest BCUT2D eigenvalue weighted by atomic mass is 10.2. The van der Waals surface area contributed by atoms with Gasteiger partial charge in [-0.25, -0.2) is 4.79 Å². The fourth-order valence-corrected chi connectivity index (χ4v) is 1.62. The molecule has 5 heteroatoms. The molecule has 1 atom stereocenters. The van der Waals surface area contributed by atoms with Gasteiger partial charge in [-0.15, -0.1) is 0 Å². The molecule has 0 spiro atoms. The van der Waals surface area contributed by atoms with Crippen LogP contribution in [-0.4, -0.2) is 62.3 Å². The topological polar surface area (TPSA) is 58.8 Å². The van der Waals surface area contributed by atoms with Crippen LogP contribution in [-0.2, 0) is 4.74 Å². The molecule has 1 fully saturated rings. The van der Waals surface area contributed by atoms with E-state index in [-0.39, 0.29) is 6.03 Å². The first-order valence-corrected chi connectivity index (χ1v) is 5.43. The van der Waals surface area contributed by atoms with Crippen LogP contribution in [0.25, 0.3) is 0 Å². The van der Waals surface area contributed by atoms with Crippen molar-refractivity contribution >= 4 is 6.03 Å². The molecule has 1 aliphatic heterocycles. The summed E-state index contributed by atoms with van der Waals surface area (Å²) in [6.07, 6.45) is 0. The summed E-state index contributed by atoms with van der Waals surface area (Å²) in [7, 11) is 1.82. The predicted molar refractivity (Wildman–Crippen MR) is 58.6 cm³/mol. The smallest absolute Gasteiger partial charge is 0.319 e. The summed E-state index contributed by atoms with van der Waals surface area (Å²) in [6.45, 7) is 6.05. The Morgan fingerprint density at radius 1 is 1.53 bits per heavy atom. The maximum atomic E-state index is 11.9. The zero-order chi connectivity index (χ0) is 11.3. The molecule has 15 heavy (non-hydrogen) atoms. The summed E-state index contributed by atoms with van der Waals surface area (Å²) in [4.78, 5) is 15.5. The lowest BCUT2D eigenvalue weighted by Crippen LogP contribution is -2.48. The van der Waals surface area contributed by atoms with Gasteiger partial charge in [0.2, 0.25) is 0 Å². The minimum absolute atomic E-state index is 0.0820. The number of ether oxygens (including phenoxy) is 1. The standard InChI is InChI=1S/C10H21N3O2/c1-9(7-11)8-12(2)10(14)13-3-5-15-6-4-13/h9H,3-8,11H2,1-2H3. The number of rotatable bonds is 3. The molecule has 5 nitrogen and oxygen atoms in total. The molecular weight excluding hydrogens is 194 g/mol. The van der Waals surface area contributed by atoms with Gasteiger partial charge in [0.15, 0.2) is 0 Å². The maximum Gasteiger partial charge on any atom is 0.319 e. The van der Waals surface area contributed by atoms with Crippen LogP contribution >= 0.6 is 0 Å². The van der Waals surface area contributed by atoms with Crippen molar-refractivity contribution in [3.63, 3.8) is 0 Å². The number of morpholine rings is 1. The third-order valence-corrected chi connectivity index (χ3v) is 2.60. The third kappa shape index (κ3) is 3.68. The summed E-state index contributed by atoms with van der Waals surface area (Å²) in [5.41, 5.74) is 5.53. The van der Waals surface area contributed by atoms with Crippen LogP contribution in [0.1, 0.15) is 6.92 Å². The number of carbonyl (C=O) groups excluding carboxylic acids is 1. The van der Waals surface area contributed by atoms with Gasteiger partial charge in [0.05, 0.1) is 13.2 Å². The first-order valence-electron chi connectivity index (χ1n) is 5.43. The lowest BCUT2D eigenvalue weighted by molar-refractivity contribution is 0.0445. The molecule has 1 rings (SSSR count). The van der Waals surface area contributed by atoms with Gasteiger partial charge in [-0.05, 0) is 12.5 Å². The molecule has 0 bridgehead atoms. The van der Waals surface area contributed by atoms with E-state index in [1.165, 1.54) is 0 Å². The van der Waals surface area contributed by atoms with Crippen molar-refractivity contribution in [2.75, 3.05) is 46.4 Å². The highest BCUT2D eigenvalue weighted by Gasteiger charge is 2.20. The van der Waals surface area contributed by atoms with Crippen LogP contribution < -0.4 is 5.73 Å². The Morgan fingerprint density at radius 2 is 2.13 bits per heavy atom. The van der Waals surface area contributed by atoms with E-state index >= 15 is 0 Å². The van der Waals surface area contributed by atoms with Crippen molar-refractivity contribution in [1.29, 1.82) is 0 Å². The molecule has 1 saturated heterocycles. The van der Waals surface area contributed by atoms with Gasteiger partial charge in [0.1, 0.15) is 0 Å². The molecule has 88 valence electrons. The number of hydrogen-bond acceptors (Lipinski definition) is 3. The normalized spacial score (nSPS) is 18.7. The highest BCUT2D eigenvalue weighted by molar-refractivity contribution is 5.74. The van der Waals surface area contributed by atoms with Crippen LogP contribution in [0.3, 0.4) is 0 Å². The van der Waals surface area contributed by atoms with Crippen molar-refractivity contribution in [2.45, 2.75) is 6.92 Å². The van der Waals surface area contributed by atoms with Crippen LogP contribution in [0.4, 0.5) is 4.79 Å². The molecule has 0 aromatic heterocycles. The molecule has 1 heterocycles. The average Bonchev–Trinajstić information content (AvgIpc) is 2.29. The number of hydrogen-bond donors (Lipinski definition) is 1. The Labute approximate surface area is 91.2 Å². The first-order chi connectivity index (χ1) is 7.15. The van der Waals surface area contributed by atoms with Crippen LogP contribution in [0.2, 0.25) is 0 Å². The van der Waals surface area contributed by atoms with E-state index in [2.05, 4.69) is 0 Å². The number of carbonyl (C=O) groups is 1. The Kier molecular flexibility index (Phi) is 4.84. The van der Waals surface area contributed by atoms with Gasteiger partial charge in [-0.1, -0.05) is 6.92 Å². The van der Waals surface area contributed by atoms with Crippen molar-refractivity contribution in [3.8, 4) is 0 Å². The van der Waals surface area contributed by atoms with Crippen molar-refractivity contribution < 1.29 is 9.53 Å². The Morgan fingerprint density at radius 3 is 2.67 bits per heavy atom. The average molecular weight is 215 g/mol. The highest BCUT2D eigenvalue weighted by Crippen LogP contribution is 2.04. The summed E-state index contributed by atoms with van der Waals surface area (Å²) < 4.78 is 5.20. The minimum atomic E-state index is 0.0820. The molecule has 0 saturated carbocycles. The molecule has 2 amide bonds. The predicted octanol–water partition coefficient (Wildman–Crippen LogP) is -0.0348. The third-order valence-electron chi connectivity index (χ3n) is 2.60. The Balaban J connectivity index is 2.37. The quantitative estimate of drug-likeness (QED) is 0.719. The van der Waals surface area contributed by atoms with Crippen LogP contribution in [0.15, 0.2) is 0 Å². The molecule has 0 aliphatic carbocycles. The van der Waals surface area contributed by atoms with Gasteiger partial charge in [0, 0.05) is 26.7 Å². The summed E-state index contributed by atoms with van der Waals surface area (Å²) in [5, 5.41) is 0. The lowest BCUT2D eigenvalue weighted by Gasteiger charge is -2.31. The first kappa shape index (κ1) is 12.3. The summed E-state index contributed by atoms with van der Waals surface area (Å²) in [5.74, 6) is 0.347. The number of nitrogens with zero attached hydrogens (tertiary/aromatic N) is 2. The number of urea groups is 1. The van der Waals surface area contributed by atoms with Crippen molar-refractivity contribution in [1.82, 2.24) is 9.80 Å². The summed E-state index contributed by atoms with van der Waals surface area (Å²) >= 11 is 0. The van der Waals surface area contributed by atoms with E-state index in [4.69, 9.17) is 10.5 Å². The molecule has 0 aromatic rings. The molecule has 0 radical (unpaired) electrons. The molecule has 1 aliphatic rings. The van der Waals surface area contributed by atoms with E-state index in [1.807, 2.05) is 18.9 Å². The number of nitrogens with two attached hydrogens (primary N) is 1. The molecular formula is C10H21N3O2. The fraction of sp³-hybridized carbons (Fsp3) is 0.900. The Hall–Kier alpha value is -0.810. The zero-order valence-corrected chi connectivity index (χ0v) is 9.61. The minimum Gasteiger partial charge on any atom is -0.378 e. The van der Waals surface area contributed by atoms with E-state index < -0.39 is 0 Å². The van der Waals surface area contributed by atoms with E-state index in [1.54, 1.807) is 4.90 Å². The fourth-order valence-electron chi connectivity index (χ4n) is 1.62. The monoisotopic (exact) mass is 215 g/mol. The second kappa shape index (κ2) is 5.92. The second-order valence-corrected chi connectivity index (χ2v) is 4.10. The van der Waals surface area contributed by atoms with Crippen LogP contribution in [0, 0.1) is 5.92 Å². The maximum absolute atomic E-state index is 11.9. The van der Waals surface area contributed by atoms with Gasteiger partial charge < -0.3 is 20.3 Å². The molecule has 1 unspecified atom stereocenters. The second-order valence-electron chi connectivity index (χ2n) is 4.10. The van der Waals surface area contributed by atoms with E-state index in [9.17, 15) is 4.79 Å². The van der Waals surface area contributed by atoms with Crippen LogP contribution in [0.5, 0.6) is 0 Å². The van der Waals surface area contributed by atoms with Gasteiger partial charge in [-0.3, -0.25) is 0 Å². The largest absolute Gasteiger partial charge is 0.378 e. The van der Waals surface area contributed by atoms with E-state index in [0.29, 0.717) is 45.3 Å². The zero-order valence-electron chi connectivity index (χ0n) is 9.61. The SMILES string of the molecule is CC(CN)CN(C)C(=O)N1CCOCC1. The Bertz CT molecular complexity index is 205. The van der Waals surface area contributed by atoms with Gasteiger partial charge in [0.25, 0.3) is 0 Å². The van der Waals surface area contributed by atoms with Crippen molar-refractivity contribution in [3.05, 3.63) is 0 Å². The van der Waals surface area contributed by atoms with E-state index in [0.717, 1.165) is 0 Å². The molecule has 0 aromatic carbocycles. The molecule has 2 N–H and O–H groups in total. The number of amides is 2.